The smallest absolute Gasteiger partial charge is 0.416 e. The fourth-order valence-electron chi connectivity index (χ4n) is 1.51. The van der Waals surface area contributed by atoms with Gasteiger partial charge in [-0.15, -0.1) is 0 Å². The first-order chi connectivity index (χ1) is 9.20. The lowest BCUT2D eigenvalue weighted by molar-refractivity contribution is -0.137. The molecule has 0 fully saturated rings. The van der Waals surface area contributed by atoms with E-state index in [0.29, 0.717) is 29.1 Å². The zero-order valence-electron chi connectivity index (χ0n) is 9.52. The molecular weight excluding hydrogens is 284 g/mol. The van der Waals surface area contributed by atoms with Crippen LogP contribution in [-0.2, 0) is 6.18 Å². The lowest BCUT2D eigenvalue weighted by atomic mass is 10.2. The van der Waals surface area contributed by atoms with Crippen molar-refractivity contribution in [2.45, 2.75) is 6.18 Å². The van der Waals surface area contributed by atoms with Crippen molar-refractivity contribution < 1.29 is 32.6 Å². The highest BCUT2D eigenvalue weighted by molar-refractivity contribution is 5.88. The molecule has 0 saturated heterocycles. The van der Waals surface area contributed by atoms with Gasteiger partial charge < -0.3 is 10.2 Å². The van der Waals surface area contributed by atoms with E-state index in [-0.39, 0.29) is 0 Å². The number of alkyl halides is 3. The third-order valence-corrected chi connectivity index (χ3v) is 2.42. The lowest BCUT2D eigenvalue weighted by Gasteiger charge is -2.09. The van der Waals surface area contributed by atoms with Crippen LogP contribution in [-0.4, -0.2) is 26.0 Å². The van der Waals surface area contributed by atoms with E-state index in [1.807, 2.05) is 0 Å². The van der Waals surface area contributed by atoms with Crippen LogP contribution in [0.15, 0.2) is 24.4 Å². The van der Waals surface area contributed by atoms with Crippen LogP contribution in [0.4, 0.5) is 17.6 Å². The molecule has 0 aliphatic rings. The van der Waals surface area contributed by atoms with E-state index >= 15 is 0 Å². The number of halogens is 4. The van der Waals surface area contributed by atoms with Gasteiger partial charge in [0.2, 0.25) is 5.69 Å². The quantitative estimate of drug-likeness (QED) is 0.833. The molecular formula is C11H6F4N2O3. The number of hydrogen-bond donors (Lipinski definition) is 2. The highest BCUT2D eigenvalue weighted by Crippen LogP contribution is 2.31. The Hall–Kier alpha value is -2.58. The van der Waals surface area contributed by atoms with Gasteiger partial charge in [-0.3, -0.25) is 0 Å². The molecule has 0 bridgehead atoms. The SMILES string of the molecule is O=C(O)c1nn(-c2cc(C(F)(F)F)ccc2F)cc1O. The van der Waals surface area contributed by atoms with Gasteiger partial charge in [0.1, 0.15) is 11.5 Å². The van der Waals surface area contributed by atoms with E-state index in [9.17, 15) is 27.5 Å². The third-order valence-electron chi connectivity index (χ3n) is 2.42. The van der Waals surface area contributed by atoms with Crippen LogP contribution in [0.5, 0.6) is 5.75 Å². The van der Waals surface area contributed by atoms with E-state index in [2.05, 4.69) is 5.10 Å². The Morgan fingerprint density at radius 3 is 2.45 bits per heavy atom. The van der Waals surface area contributed by atoms with Crippen LogP contribution in [0, 0.1) is 5.82 Å². The van der Waals surface area contributed by atoms with E-state index in [1.165, 1.54) is 0 Å². The third kappa shape index (κ3) is 2.42. The second-order valence-electron chi connectivity index (χ2n) is 3.78. The van der Waals surface area contributed by atoms with Crippen LogP contribution in [0.1, 0.15) is 16.1 Å². The predicted octanol–water partition coefficient (Wildman–Crippen LogP) is 2.43. The molecule has 0 saturated carbocycles. The number of hydrogen-bond acceptors (Lipinski definition) is 3. The first-order valence-electron chi connectivity index (χ1n) is 5.09. The topological polar surface area (TPSA) is 75.3 Å². The molecule has 0 atom stereocenters. The number of carboxylic acid groups (broad SMARTS) is 1. The number of carbonyl (C=O) groups is 1. The molecule has 0 unspecified atom stereocenters. The second kappa shape index (κ2) is 4.51. The van der Waals surface area contributed by atoms with Gasteiger partial charge in [-0.05, 0) is 18.2 Å². The van der Waals surface area contributed by atoms with Crippen molar-refractivity contribution in [3.63, 3.8) is 0 Å². The van der Waals surface area contributed by atoms with Crippen LogP contribution < -0.4 is 0 Å². The molecule has 1 aromatic heterocycles. The zero-order valence-corrected chi connectivity index (χ0v) is 9.52. The molecule has 2 aromatic rings. The highest BCUT2D eigenvalue weighted by atomic mass is 19.4. The van der Waals surface area contributed by atoms with Gasteiger partial charge in [0.05, 0.1) is 11.8 Å². The van der Waals surface area contributed by atoms with E-state index in [4.69, 9.17) is 5.11 Å². The average molecular weight is 290 g/mol. The molecule has 0 amide bonds. The van der Waals surface area contributed by atoms with Crippen molar-refractivity contribution in [1.29, 1.82) is 0 Å². The summed E-state index contributed by atoms with van der Waals surface area (Å²) in [5.41, 5.74) is -2.54. The molecule has 0 aliphatic heterocycles. The number of carboxylic acids is 1. The van der Waals surface area contributed by atoms with Gasteiger partial charge in [-0.2, -0.15) is 18.3 Å². The number of benzene rings is 1. The van der Waals surface area contributed by atoms with Crippen molar-refractivity contribution in [2.24, 2.45) is 0 Å². The summed E-state index contributed by atoms with van der Waals surface area (Å²) in [5.74, 6) is -3.42. The van der Waals surface area contributed by atoms with Crippen LogP contribution in [0.3, 0.4) is 0 Å². The summed E-state index contributed by atoms with van der Waals surface area (Å²) in [7, 11) is 0. The molecule has 20 heavy (non-hydrogen) atoms. The standard InChI is InChI=1S/C11H6F4N2O3/c12-6-2-1-5(11(13,14)15)3-7(6)17-4-8(18)9(16-17)10(19)20/h1-4,18H,(H,19,20). The fourth-order valence-corrected chi connectivity index (χ4v) is 1.51. The number of rotatable bonds is 2. The van der Waals surface area contributed by atoms with Crippen molar-refractivity contribution >= 4 is 5.97 Å². The molecule has 2 rings (SSSR count). The molecule has 5 nitrogen and oxygen atoms in total. The minimum Gasteiger partial charge on any atom is -0.504 e. The molecule has 106 valence electrons. The molecule has 2 N–H and O–H groups in total. The molecule has 1 heterocycles. The summed E-state index contributed by atoms with van der Waals surface area (Å²) in [6, 6.07) is 1.59. The summed E-state index contributed by atoms with van der Waals surface area (Å²) in [6.07, 6.45) is -3.98. The van der Waals surface area contributed by atoms with Gasteiger partial charge in [0.25, 0.3) is 0 Å². The zero-order chi connectivity index (χ0) is 15.1. The van der Waals surface area contributed by atoms with Crippen LogP contribution >= 0.6 is 0 Å². The van der Waals surface area contributed by atoms with Gasteiger partial charge in [0, 0.05) is 0 Å². The Bertz CT molecular complexity index is 679. The second-order valence-corrected chi connectivity index (χ2v) is 3.78. The Labute approximate surface area is 108 Å². The van der Waals surface area contributed by atoms with Crippen molar-refractivity contribution in [1.82, 2.24) is 9.78 Å². The monoisotopic (exact) mass is 290 g/mol. The summed E-state index contributed by atoms with van der Waals surface area (Å²) >= 11 is 0. The number of aromatic nitrogens is 2. The summed E-state index contributed by atoms with van der Waals surface area (Å²) in [6.45, 7) is 0. The Morgan fingerprint density at radius 1 is 1.30 bits per heavy atom. The van der Waals surface area contributed by atoms with Gasteiger partial charge in [-0.1, -0.05) is 0 Å². The maximum absolute atomic E-state index is 13.5. The molecule has 1 aromatic carbocycles. The van der Waals surface area contributed by atoms with Crippen molar-refractivity contribution in [3.05, 3.63) is 41.5 Å². The lowest BCUT2D eigenvalue weighted by Crippen LogP contribution is -2.08. The first kappa shape index (κ1) is 13.8. The fraction of sp³-hybridized carbons (Fsp3) is 0.0909. The maximum Gasteiger partial charge on any atom is 0.416 e. The molecule has 0 spiro atoms. The summed E-state index contributed by atoms with van der Waals surface area (Å²) in [4.78, 5) is 10.7. The number of aromatic hydroxyl groups is 1. The van der Waals surface area contributed by atoms with Crippen LogP contribution in [0.25, 0.3) is 5.69 Å². The largest absolute Gasteiger partial charge is 0.504 e. The summed E-state index contributed by atoms with van der Waals surface area (Å²) < 4.78 is 51.7. The van der Waals surface area contributed by atoms with Gasteiger partial charge in [0.15, 0.2) is 5.75 Å². The van der Waals surface area contributed by atoms with Gasteiger partial charge >= 0.3 is 12.1 Å². The normalized spacial score (nSPS) is 11.6. The number of aromatic carboxylic acids is 1. The minimum absolute atomic E-state index is 0.466. The van der Waals surface area contributed by atoms with Gasteiger partial charge in [-0.25, -0.2) is 13.9 Å². The predicted molar refractivity (Wildman–Crippen MR) is 57.1 cm³/mol. The average Bonchev–Trinajstić information content (AvgIpc) is 2.70. The Balaban J connectivity index is 2.57. The van der Waals surface area contributed by atoms with E-state index in [0.717, 1.165) is 0 Å². The minimum atomic E-state index is -4.69. The molecule has 9 heteroatoms. The van der Waals surface area contributed by atoms with Crippen LogP contribution in [0.2, 0.25) is 0 Å². The van der Waals surface area contributed by atoms with E-state index in [1.54, 1.807) is 0 Å². The van der Waals surface area contributed by atoms with Crippen molar-refractivity contribution in [2.75, 3.05) is 0 Å². The van der Waals surface area contributed by atoms with Crippen molar-refractivity contribution in [3.8, 4) is 11.4 Å². The Kier molecular flexibility index (Phi) is 3.12. The van der Waals surface area contributed by atoms with E-state index < -0.39 is 40.7 Å². The number of nitrogens with zero attached hydrogens (tertiary/aromatic N) is 2. The Morgan fingerprint density at radius 2 is 1.95 bits per heavy atom. The maximum atomic E-state index is 13.5. The molecule has 0 radical (unpaired) electrons. The first-order valence-corrected chi connectivity index (χ1v) is 5.09. The molecule has 0 aliphatic carbocycles. The highest BCUT2D eigenvalue weighted by Gasteiger charge is 2.31. The summed E-state index contributed by atoms with van der Waals surface area (Å²) in [5, 5.41) is 21.3.